The van der Waals surface area contributed by atoms with Gasteiger partial charge in [-0.05, 0) is 59.9 Å². The number of ether oxygens (including phenoxy) is 1. The molecular formula is C29H31N3O4. The molecule has 1 heterocycles. The van der Waals surface area contributed by atoms with Gasteiger partial charge >= 0.3 is 0 Å². The zero-order valence-electron chi connectivity index (χ0n) is 20.5. The van der Waals surface area contributed by atoms with Crippen molar-refractivity contribution in [2.45, 2.75) is 32.7 Å². The highest BCUT2D eigenvalue weighted by Gasteiger charge is 2.19. The summed E-state index contributed by atoms with van der Waals surface area (Å²) in [5.41, 5.74) is 4.90. The quantitative estimate of drug-likeness (QED) is 0.256. The van der Waals surface area contributed by atoms with Crippen molar-refractivity contribution in [3.63, 3.8) is 0 Å². The van der Waals surface area contributed by atoms with Gasteiger partial charge in [0.1, 0.15) is 5.75 Å². The highest BCUT2D eigenvalue weighted by atomic mass is 16.5. The molecule has 2 amide bonds. The molecule has 4 aromatic rings. The van der Waals surface area contributed by atoms with Gasteiger partial charge in [0.05, 0.1) is 24.8 Å². The molecule has 0 unspecified atom stereocenters. The van der Waals surface area contributed by atoms with Crippen molar-refractivity contribution in [3.8, 4) is 16.9 Å². The first-order chi connectivity index (χ1) is 17.5. The van der Waals surface area contributed by atoms with Crippen molar-refractivity contribution < 1.29 is 19.4 Å². The molecule has 36 heavy (non-hydrogen) atoms. The summed E-state index contributed by atoms with van der Waals surface area (Å²) in [6.07, 6.45) is 3.22. The summed E-state index contributed by atoms with van der Waals surface area (Å²) in [7, 11) is 0. The lowest BCUT2D eigenvalue weighted by molar-refractivity contribution is -0.114. The first-order valence-electron chi connectivity index (χ1n) is 12.1. The van der Waals surface area contributed by atoms with Crippen LogP contribution in [0.15, 0.2) is 72.9 Å². The van der Waals surface area contributed by atoms with Crippen molar-refractivity contribution in [3.05, 3.63) is 84.1 Å². The normalized spacial score (nSPS) is 11.8. The van der Waals surface area contributed by atoms with Crippen LogP contribution in [0, 0.1) is 0 Å². The van der Waals surface area contributed by atoms with E-state index in [1.165, 1.54) is 6.92 Å². The van der Waals surface area contributed by atoms with Crippen LogP contribution in [0.3, 0.4) is 0 Å². The number of aliphatic hydroxyl groups excluding tert-OH is 1. The number of benzene rings is 3. The molecule has 1 aromatic heterocycles. The number of nitrogens with one attached hydrogen (secondary N) is 3. The number of anilines is 1. The van der Waals surface area contributed by atoms with Crippen molar-refractivity contribution in [2.75, 3.05) is 18.5 Å². The number of rotatable bonds is 10. The van der Waals surface area contributed by atoms with Gasteiger partial charge in [-0.3, -0.25) is 9.59 Å². The number of carbonyl (C=O) groups excluding carboxylic acids is 2. The summed E-state index contributed by atoms with van der Waals surface area (Å²) < 4.78 is 5.86. The van der Waals surface area contributed by atoms with E-state index < -0.39 is 6.04 Å². The Labute approximate surface area is 210 Å². The summed E-state index contributed by atoms with van der Waals surface area (Å²) >= 11 is 0. The Morgan fingerprint density at radius 2 is 1.78 bits per heavy atom. The average molecular weight is 486 g/mol. The number of hydrogen-bond acceptors (Lipinski definition) is 4. The number of hydrogen-bond donors (Lipinski definition) is 4. The minimum Gasteiger partial charge on any atom is -0.493 e. The topological polar surface area (TPSA) is 103 Å². The fourth-order valence-electron chi connectivity index (χ4n) is 4.16. The smallest absolute Gasteiger partial charge is 0.255 e. The maximum atomic E-state index is 13.4. The third-order valence-corrected chi connectivity index (χ3v) is 5.92. The Balaban J connectivity index is 1.57. The van der Waals surface area contributed by atoms with Crippen molar-refractivity contribution >= 4 is 28.4 Å². The molecular weight excluding hydrogens is 454 g/mol. The van der Waals surface area contributed by atoms with Crippen LogP contribution in [0.4, 0.5) is 5.69 Å². The average Bonchev–Trinajstić information content (AvgIpc) is 3.29. The van der Waals surface area contributed by atoms with Crippen molar-refractivity contribution in [1.29, 1.82) is 0 Å². The summed E-state index contributed by atoms with van der Waals surface area (Å²) in [6, 6.07) is 20.4. The second kappa shape index (κ2) is 11.6. The molecule has 0 spiro atoms. The van der Waals surface area contributed by atoms with Crippen molar-refractivity contribution in [1.82, 2.24) is 10.3 Å². The Hall–Kier alpha value is -4.10. The molecule has 0 fully saturated rings. The van der Waals surface area contributed by atoms with Crippen LogP contribution in [-0.2, 0) is 11.2 Å². The summed E-state index contributed by atoms with van der Waals surface area (Å²) in [5.74, 6) is 0.0543. The van der Waals surface area contributed by atoms with Crippen molar-refractivity contribution in [2.24, 2.45) is 0 Å². The minimum absolute atomic E-state index is 0.134. The molecule has 4 rings (SSSR count). The lowest BCUT2D eigenvalue weighted by Gasteiger charge is -2.18. The second-order valence-electron chi connectivity index (χ2n) is 8.73. The molecule has 7 heteroatoms. The van der Waals surface area contributed by atoms with Gasteiger partial charge in [0.15, 0.2) is 0 Å². The van der Waals surface area contributed by atoms with Gasteiger partial charge in [-0.15, -0.1) is 0 Å². The predicted octanol–water partition coefficient (Wildman–Crippen LogP) is 4.92. The molecule has 0 aliphatic carbocycles. The summed E-state index contributed by atoms with van der Waals surface area (Å²) in [5, 5.41) is 16.8. The van der Waals surface area contributed by atoms with Crippen LogP contribution in [-0.4, -0.2) is 41.2 Å². The number of aromatic nitrogens is 1. The standard InChI is InChI=1S/C29H31N3O4/c1-3-14-36-28-13-10-21(20-8-11-23(12-9-20)31-19(2)34)16-26(28)29(35)32-24(18-33)15-22-17-30-27-7-5-4-6-25(22)27/h4-13,16-17,24,30,33H,3,14-15,18H2,1-2H3,(H,31,34)(H,32,35)/t24-/m0/s1. The molecule has 0 radical (unpaired) electrons. The van der Waals surface area contributed by atoms with E-state index in [1.54, 1.807) is 12.1 Å². The first-order valence-corrected chi connectivity index (χ1v) is 12.1. The lowest BCUT2D eigenvalue weighted by Crippen LogP contribution is -2.39. The highest BCUT2D eigenvalue weighted by molar-refractivity contribution is 5.98. The van der Waals surface area contributed by atoms with E-state index in [2.05, 4.69) is 15.6 Å². The Kier molecular flexibility index (Phi) is 8.02. The van der Waals surface area contributed by atoms with E-state index in [4.69, 9.17) is 4.74 Å². The number of aliphatic hydroxyl groups is 1. The third kappa shape index (κ3) is 5.93. The monoisotopic (exact) mass is 485 g/mol. The molecule has 3 aromatic carbocycles. The molecule has 0 bridgehead atoms. The highest BCUT2D eigenvalue weighted by Crippen LogP contribution is 2.28. The number of fused-ring (bicyclic) bond motifs is 1. The largest absolute Gasteiger partial charge is 0.493 e. The van der Waals surface area contributed by atoms with Crippen LogP contribution in [0.5, 0.6) is 5.75 Å². The summed E-state index contributed by atoms with van der Waals surface area (Å²) in [6.45, 7) is 3.77. The fraction of sp³-hybridized carbons (Fsp3) is 0.241. The molecule has 0 saturated carbocycles. The van der Waals surface area contributed by atoms with E-state index in [1.807, 2.05) is 67.7 Å². The molecule has 0 aliphatic rings. The van der Waals surface area contributed by atoms with E-state index in [0.717, 1.165) is 34.0 Å². The van der Waals surface area contributed by atoms with E-state index in [9.17, 15) is 14.7 Å². The SMILES string of the molecule is CCCOc1ccc(-c2ccc(NC(C)=O)cc2)cc1C(=O)N[C@H](CO)Cc1c[nH]c2ccccc12. The molecule has 0 saturated heterocycles. The van der Waals surface area contributed by atoms with Gasteiger partial charge < -0.3 is 25.5 Å². The van der Waals surface area contributed by atoms with Gasteiger partial charge in [-0.2, -0.15) is 0 Å². The van der Waals surface area contributed by atoms with E-state index >= 15 is 0 Å². The number of para-hydroxylation sites is 1. The van der Waals surface area contributed by atoms with Crippen LogP contribution in [0.1, 0.15) is 36.2 Å². The van der Waals surface area contributed by atoms with Gasteiger partial charge in [0.2, 0.25) is 5.91 Å². The van der Waals surface area contributed by atoms with E-state index in [0.29, 0.717) is 30.0 Å². The molecule has 0 aliphatic heterocycles. The van der Waals surface area contributed by atoms with Crippen LogP contribution < -0.4 is 15.4 Å². The van der Waals surface area contributed by atoms with Crippen LogP contribution in [0.25, 0.3) is 22.0 Å². The number of aromatic amines is 1. The second-order valence-corrected chi connectivity index (χ2v) is 8.73. The van der Waals surface area contributed by atoms with Gasteiger partial charge in [-0.1, -0.05) is 43.3 Å². The lowest BCUT2D eigenvalue weighted by atomic mass is 10.0. The fourth-order valence-corrected chi connectivity index (χ4v) is 4.16. The number of H-pyrrole nitrogens is 1. The van der Waals surface area contributed by atoms with Gasteiger partial charge in [0.25, 0.3) is 5.91 Å². The first kappa shape index (κ1) is 25.0. The Morgan fingerprint density at radius 1 is 1.03 bits per heavy atom. The summed E-state index contributed by atoms with van der Waals surface area (Å²) in [4.78, 5) is 27.9. The van der Waals surface area contributed by atoms with Gasteiger partial charge in [0, 0.05) is 29.7 Å². The Bertz CT molecular complexity index is 1340. The zero-order chi connectivity index (χ0) is 25.5. The molecule has 4 N–H and O–H groups in total. The third-order valence-electron chi connectivity index (χ3n) is 5.92. The molecule has 186 valence electrons. The number of amides is 2. The van der Waals surface area contributed by atoms with Gasteiger partial charge in [-0.25, -0.2) is 0 Å². The van der Waals surface area contributed by atoms with Crippen LogP contribution in [0.2, 0.25) is 0 Å². The predicted molar refractivity (Wildman–Crippen MR) is 142 cm³/mol. The van der Waals surface area contributed by atoms with Crippen LogP contribution >= 0.6 is 0 Å². The maximum Gasteiger partial charge on any atom is 0.255 e. The molecule has 1 atom stereocenters. The minimum atomic E-state index is -0.462. The Morgan fingerprint density at radius 3 is 2.50 bits per heavy atom. The zero-order valence-corrected chi connectivity index (χ0v) is 20.5. The van der Waals surface area contributed by atoms with E-state index in [-0.39, 0.29) is 18.4 Å². The number of carbonyl (C=O) groups is 2. The maximum absolute atomic E-state index is 13.4. The molecule has 7 nitrogen and oxygen atoms in total.